The SMILES string of the molecule is CCCC(C)(C)NS(=O)(=O)c1c(C)csc1C(=O)O. The average Bonchev–Trinajstić information content (AvgIpc) is 2.58. The van der Waals surface area contributed by atoms with E-state index in [2.05, 4.69) is 4.72 Å². The fourth-order valence-corrected chi connectivity index (χ4v) is 5.08. The number of carbonyl (C=O) groups is 1. The molecule has 0 bridgehead atoms. The second-order valence-electron chi connectivity index (χ2n) is 5.12. The van der Waals surface area contributed by atoms with Gasteiger partial charge in [0.25, 0.3) is 0 Å². The van der Waals surface area contributed by atoms with E-state index in [1.54, 1.807) is 26.2 Å². The highest BCUT2D eigenvalue weighted by molar-refractivity contribution is 7.89. The Hall–Kier alpha value is -0.920. The maximum atomic E-state index is 12.4. The Kier molecular flexibility index (Phi) is 4.76. The van der Waals surface area contributed by atoms with Gasteiger partial charge in [0, 0.05) is 5.54 Å². The molecule has 0 fully saturated rings. The van der Waals surface area contributed by atoms with Crippen molar-refractivity contribution in [3.63, 3.8) is 0 Å². The summed E-state index contributed by atoms with van der Waals surface area (Å²) in [5.74, 6) is -1.22. The monoisotopic (exact) mass is 305 g/mol. The quantitative estimate of drug-likeness (QED) is 0.846. The maximum Gasteiger partial charge on any atom is 0.347 e. The van der Waals surface area contributed by atoms with Crippen LogP contribution in [-0.4, -0.2) is 25.0 Å². The number of thiophene rings is 1. The van der Waals surface area contributed by atoms with Crippen molar-refractivity contribution in [1.29, 1.82) is 0 Å². The Bertz CT molecular complexity index is 573. The molecule has 0 aliphatic rings. The van der Waals surface area contributed by atoms with E-state index in [0.717, 1.165) is 17.8 Å². The average molecular weight is 305 g/mol. The molecule has 0 aliphatic carbocycles. The van der Waals surface area contributed by atoms with Crippen molar-refractivity contribution in [3.8, 4) is 0 Å². The van der Waals surface area contributed by atoms with E-state index in [9.17, 15) is 13.2 Å². The van der Waals surface area contributed by atoms with Crippen LogP contribution in [0.5, 0.6) is 0 Å². The molecule has 0 radical (unpaired) electrons. The van der Waals surface area contributed by atoms with Crippen LogP contribution in [0.2, 0.25) is 0 Å². The lowest BCUT2D eigenvalue weighted by atomic mass is 10.0. The summed E-state index contributed by atoms with van der Waals surface area (Å²) in [5.41, 5.74) is -0.139. The Morgan fingerprint density at radius 2 is 2.05 bits per heavy atom. The summed E-state index contributed by atoms with van der Waals surface area (Å²) in [5, 5.41) is 10.6. The molecular weight excluding hydrogens is 286 g/mol. The van der Waals surface area contributed by atoms with Gasteiger partial charge in [0.1, 0.15) is 9.77 Å². The van der Waals surface area contributed by atoms with Crippen LogP contribution >= 0.6 is 11.3 Å². The summed E-state index contributed by atoms with van der Waals surface area (Å²) in [4.78, 5) is 10.8. The predicted octanol–water partition coefficient (Wildman–Crippen LogP) is 2.61. The molecule has 1 rings (SSSR count). The van der Waals surface area contributed by atoms with Gasteiger partial charge in [0.15, 0.2) is 0 Å². The fourth-order valence-electron chi connectivity index (χ4n) is 2.01. The smallest absolute Gasteiger partial charge is 0.347 e. The van der Waals surface area contributed by atoms with E-state index in [-0.39, 0.29) is 9.77 Å². The second kappa shape index (κ2) is 5.60. The Morgan fingerprint density at radius 1 is 1.47 bits per heavy atom. The lowest BCUT2D eigenvalue weighted by Gasteiger charge is -2.25. The highest BCUT2D eigenvalue weighted by Gasteiger charge is 2.31. The topological polar surface area (TPSA) is 83.5 Å². The first kappa shape index (κ1) is 16.1. The van der Waals surface area contributed by atoms with Crippen LogP contribution in [0.1, 0.15) is 48.8 Å². The largest absolute Gasteiger partial charge is 0.477 e. The van der Waals surface area contributed by atoms with Gasteiger partial charge in [-0.2, -0.15) is 0 Å². The zero-order valence-electron chi connectivity index (χ0n) is 11.5. The molecule has 0 aliphatic heterocycles. The number of rotatable bonds is 6. The Balaban J connectivity index is 3.22. The first-order valence-corrected chi connectivity index (χ1v) is 8.32. The molecule has 5 nitrogen and oxygen atoms in total. The normalized spacial score (nSPS) is 12.6. The molecule has 0 amide bonds. The third kappa shape index (κ3) is 3.77. The summed E-state index contributed by atoms with van der Waals surface area (Å²) in [6.45, 7) is 7.14. The Morgan fingerprint density at radius 3 is 2.53 bits per heavy atom. The zero-order valence-corrected chi connectivity index (χ0v) is 13.1. The third-order valence-corrected chi connectivity index (χ3v) is 5.77. The van der Waals surface area contributed by atoms with Gasteiger partial charge in [-0.25, -0.2) is 17.9 Å². The lowest BCUT2D eigenvalue weighted by molar-refractivity contribution is 0.0698. The standard InChI is InChI=1S/C12H19NO4S2/c1-5-6-12(3,4)13-19(16,17)10-8(2)7-18-9(10)11(14)15/h7,13H,5-6H2,1-4H3,(H,14,15). The van der Waals surface area contributed by atoms with Gasteiger partial charge in [0.05, 0.1) is 0 Å². The van der Waals surface area contributed by atoms with E-state index in [0.29, 0.717) is 12.0 Å². The highest BCUT2D eigenvalue weighted by Crippen LogP contribution is 2.28. The van der Waals surface area contributed by atoms with Crippen molar-refractivity contribution in [2.24, 2.45) is 0 Å². The van der Waals surface area contributed by atoms with Crippen LogP contribution < -0.4 is 4.72 Å². The number of aryl methyl sites for hydroxylation is 1. The predicted molar refractivity (Wildman–Crippen MR) is 75.3 cm³/mol. The minimum Gasteiger partial charge on any atom is -0.477 e. The Labute approximate surface area is 117 Å². The summed E-state index contributed by atoms with van der Waals surface area (Å²) < 4.78 is 27.3. The van der Waals surface area contributed by atoms with Crippen LogP contribution in [0.3, 0.4) is 0 Å². The minimum atomic E-state index is -3.82. The molecule has 0 aromatic carbocycles. The number of hydrogen-bond acceptors (Lipinski definition) is 4. The maximum absolute atomic E-state index is 12.4. The van der Waals surface area contributed by atoms with Crippen molar-refractivity contribution >= 4 is 27.3 Å². The summed E-state index contributed by atoms with van der Waals surface area (Å²) in [6, 6.07) is 0. The first-order chi connectivity index (χ1) is 8.60. The molecule has 0 unspecified atom stereocenters. The lowest BCUT2D eigenvalue weighted by Crippen LogP contribution is -2.43. The van der Waals surface area contributed by atoms with Gasteiger partial charge >= 0.3 is 5.97 Å². The molecule has 0 spiro atoms. The second-order valence-corrected chi connectivity index (χ2v) is 7.62. The molecule has 1 heterocycles. The highest BCUT2D eigenvalue weighted by atomic mass is 32.2. The van der Waals surface area contributed by atoms with Crippen molar-refractivity contribution in [1.82, 2.24) is 4.72 Å². The van der Waals surface area contributed by atoms with Gasteiger partial charge in [0.2, 0.25) is 10.0 Å². The van der Waals surface area contributed by atoms with Gasteiger partial charge in [-0.1, -0.05) is 13.3 Å². The van der Waals surface area contributed by atoms with Gasteiger partial charge in [-0.15, -0.1) is 11.3 Å². The molecule has 0 saturated carbocycles. The van der Waals surface area contributed by atoms with Crippen molar-refractivity contribution in [3.05, 3.63) is 15.8 Å². The van der Waals surface area contributed by atoms with Crippen LogP contribution in [0.25, 0.3) is 0 Å². The number of carboxylic acid groups (broad SMARTS) is 1. The van der Waals surface area contributed by atoms with Crippen molar-refractivity contribution in [2.75, 3.05) is 0 Å². The third-order valence-electron chi connectivity index (χ3n) is 2.67. The molecule has 1 aromatic heterocycles. The van der Waals surface area contributed by atoms with Crippen LogP contribution in [0.4, 0.5) is 0 Å². The molecule has 7 heteroatoms. The van der Waals surface area contributed by atoms with Crippen molar-refractivity contribution < 1.29 is 18.3 Å². The van der Waals surface area contributed by atoms with Crippen LogP contribution in [0, 0.1) is 6.92 Å². The van der Waals surface area contributed by atoms with Gasteiger partial charge in [-0.3, -0.25) is 0 Å². The number of carboxylic acids is 1. The number of hydrogen-bond donors (Lipinski definition) is 2. The number of nitrogens with one attached hydrogen (secondary N) is 1. The van der Waals surface area contributed by atoms with E-state index < -0.39 is 21.5 Å². The molecular formula is C12H19NO4S2. The number of sulfonamides is 1. The van der Waals surface area contributed by atoms with E-state index in [1.807, 2.05) is 6.92 Å². The molecule has 2 N–H and O–H groups in total. The summed E-state index contributed by atoms with van der Waals surface area (Å²) in [7, 11) is -3.82. The molecule has 0 atom stereocenters. The van der Waals surface area contributed by atoms with E-state index >= 15 is 0 Å². The molecule has 0 saturated heterocycles. The van der Waals surface area contributed by atoms with Crippen LogP contribution in [0.15, 0.2) is 10.3 Å². The summed E-state index contributed by atoms with van der Waals surface area (Å²) >= 11 is 0.932. The van der Waals surface area contributed by atoms with Gasteiger partial charge in [-0.05, 0) is 38.1 Å². The van der Waals surface area contributed by atoms with E-state index in [1.165, 1.54) is 0 Å². The zero-order chi connectivity index (χ0) is 14.8. The van der Waals surface area contributed by atoms with E-state index in [4.69, 9.17) is 5.11 Å². The fraction of sp³-hybridized carbons (Fsp3) is 0.583. The molecule has 108 valence electrons. The first-order valence-electron chi connectivity index (χ1n) is 5.96. The van der Waals surface area contributed by atoms with Crippen molar-refractivity contribution in [2.45, 2.75) is 51.0 Å². The van der Waals surface area contributed by atoms with Crippen LogP contribution in [-0.2, 0) is 10.0 Å². The minimum absolute atomic E-state index is 0.117. The summed E-state index contributed by atoms with van der Waals surface area (Å²) in [6.07, 6.45) is 1.52. The van der Waals surface area contributed by atoms with Gasteiger partial charge < -0.3 is 5.11 Å². The number of aromatic carboxylic acids is 1. The molecule has 1 aromatic rings. The molecule has 19 heavy (non-hydrogen) atoms.